The van der Waals surface area contributed by atoms with Gasteiger partial charge in [-0.15, -0.1) is 0 Å². The van der Waals surface area contributed by atoms with E-state index >= 15 is 0 Å². The van der Waals surface area contributed by atoms with Crippen LogP contribution >= 0.6 is 0 Å². The van der Waals surface area contributed by atoms with E-state index in [0.717, 1.165) is 13.1 Å². The zero-order valence-corrected chi connectivity index (χ0v) is 7.18. The van der Waals surface area contributed by atoms with Gasteiger partial charge in [0.15, 0.2) is 0 Å². The number of nitrogens with two attached hydrogens (primary N) is 1. The van der Waals surface area contributed by atoms with Gasteiger partial charge in [0.1, 0.15) is 0 Å². The number of hydrogen-bond acceptors (Lipinski definition) is 2. The molecule has 3 heteroatoms. The average molecular weight is 166 g/mol. The molecule has 1 heterocycles. The third kappa shape index (κ3) is 3.40. The number of nitrogens with zero attached hydrogens (tertiary/aromatic N) is 1. The lowest BCUT2D eigenvalue weighted by atomic mass is 10.1. The van der Waals surface area contributed by atoms with Gasteiger partial charge in [0.25, 0.3) is 5.91 Å². The zero-order valence-electron chi connectivity index (χ0n) is 7.18. The van der Waals surface area contributed by atoms with Gasteiger partial charge in [-0.2, -0.15) is 0 Å². The van der Waals surface area contributed by atoms with E-state index in [0.29, 0.717) is 6.54 Å². The summed E-state index contributed by atoms with van der Waals surface area (Å²) in [6, 6.07) is 0. The molecule has 0 radical (unpaired) electrons. The molecule has 0 saturated carbocycles. The number of rotatable bonds is 1. The molecule has 1 saturated heterocycles. The Bertz CT molecular complexity index is 208. The molecule has 0 bridgehead atoms. The molecule has 2 N–H and O–H groups in total. The van der Waals surface area contributed by atoms with Gasteiger partial charge in [-0.1, -0.05) is 12.3 Å². The molecule has 1 aliphatic rings. The van der Waals surface area contributed by atoms with Crippen LogP contribution in [-0.4, -0.2) is 30.4 Å². The Balaban J connectivity index is 2.22. The molecule has 3 nitrogen and oxygen atoms in total. The lowest BCUT2D eigenvalue weighted by Crippen LogP contribution is -2.30. The minimum Gasteiger partial charge on any atom is -0.359 e. The fraction of sp³-hybridized carbons (Fsp3) is 0.667. The Morgan fingerprint density at radius 2 is 2.00 bits per heavy atom. The van der Waals surface area contributed by atoms with Crippen molar-refractivity contribution in [1.82, 2.24) is 4.90 Å². The number of carbonyl (C=O) groups is 1. The normalized spacial score (nSPS) is 18.0. The monoisotopic (exact) mass is 166 g/mol. The van der Waals surface area contributed by atoms with E-state index < -0.39 is 5.91 Å². The Morgan fingerprint density at radius 3 is 2.58 bits per heavy atom. The molecule has 1 rings (SSSR count). The SMILES string of the molecule is NC(=O)C#CCN1CCCCC1. The van der Waals surface area contributed by atoms with Crippen molar-refractivity contribution in [2.45, 2.75) is 19.3 Å². The van der Waals surface area contributed by atoms with E-state index in [4.69, 9.17) is 5.73 Å². The van der Waals surface area contributed by atoms with Crippen LogP contribution in [0.4, 0.5) is 0 Å². The second-order valence-electron chi connectivity index (χ2n) is 3.00. The van der Waals surface area contributed by atoms with Crippen LogP contribution in [0.1, 0.15) is 19.3 Å². The molecule has 0 spiro atoms. The van der Waals surface area contributed by atoms with Crippen LogP contribution < -0.4 is 5.73 Å². The van der Waals surface area contributed by atoms with Crippen molar-refractivity contribution in [1.29, 1.82) is 0 Å². The van der Waals surface area contributed by atoms with E-state index in [1.165, 1.54) is 19.3 Å². The molecule has 1 aliphatic heterocycles. The topological polar surface area (TPSA) is 46.3 Å². The standard InChI is InChI=1S/C9H14N2O/c10-9(12)5-4-8-11-6-2-1-3-7-11/h1-3,6-8H2,(H2,10,12). The van der Waals surface area contributed by atoms with Crippen molar-refractivity contribution in [2.24, 2.45) is 5.73 Å². The Labute approximate surface area is 72.9 Å². The minimum atomic E-state index is -0.535. The fourth-order valence-corrected chi connectivity index (χ4v) is 1.36. The minimum absolute atomic E-state index is 0.535. The summed E-state index contributed by atoms with van der Waals surface area (Å²) in [6.07, 6.45) is 3.82. The molecule has 0 aromatic heterocycles. The Hall–Kier alpha value is -1.01. The van der Waals surface area contributed by atoms with Gasteiger partial charge in [0.05, 0.1) is 6.54 Å². The first kappa shape index (κ1) is 9.08. The molecular formula is C9H14N2O. The summed E-state index contributed by atoms with van der Waals surface area (Å²) in [5.74, 6) is 4.56. The predicted octanol–water partition coefficient (Wildman–Crippen LogP) is -0.0390. The van der Waals surface area contributed by atoms with E-state index in [-0.39, 0.29) is 0 Å². The first-order valence-electron chi connectivity index (χ1n) is 4.30. The highest BCUT2D eigenvalue weighted by Crippen LogP contribution is 2.06. The van der Waals surface area contributed by atoms with E-state index in [2.05, 4.69) is 16.7 Å². The molecule has 0 aliphatic carbocycles. The molecule has 0 unspecified atom stereocenters. The van der Waals surface area contributed by atoms with Crippen LogP contribution in [0.2, 0.25) is 0 Å². The summed E-state index contributed by atoms with van der Waals surface area (Å²) in [4.78, 5) is 12.5. The van der Waals surface area contributed by atoms with Gasteiger partial charge < -0.3 is 5.73 Å². The number of primary amides is 1. The highest BCUT2D eigenvalue weighted by atomic mass is 16.1. The number of piperidine rings is 1. The van der Waals surface area contributed by atoms with E-state index in [1.807, 2.05) is 0 Å². The lowest BCUT2D eigenvalue weighted by molar-refractivity contribution is -0.112. The Morgan fingerprint density at radius 1 is 1.33 bits per heavy atom. The third-order valence-electron chi connectivity index (χ3n) is 1.96. The van der Waals surface area contributed by atoms with E-state index in [1.54, 1.807) is 0 Å². The zero-order chi connectivity index (χ0) is 8.81. The van der Waals surface area contributed by atoms with Crippen LogP contribution in [0.15, 0.2) is 0 Å². The second kappa shape index (κ2) is 4.78. The van der Waals surface area contributed by atoms with Crippen molar-refractivity contribution < 1.29 is 4.79 Å². The maximum Gasteiger partial charge on any atom is 0.293 e. The summed E-state index contributed by atoms with van der Waals surface area (Å²) >= 11 is 0. The smallest absolute Gasteiger partial charge is 0.293 e. The first-order chi connectivity index (χ1) is 5.79. The van der Waals surface area contributed by atoms with Crippen molar-refractivity contribution in [2.75, 3.05) is 19.6 Å². The van der Waals surface area contributed by atoms with Gasteiger partial charge in [0.2, 0.25) is 0 Å². The van der Waals surface area contributed by atoms with Crippen molar-refractivity contribution in [3.05, 3.63) is 0 Å². The lowest BCUT2D eigenvalue weighted by Gasteiger charge is -2.23. The maximum absolute atomic E-state index is 10.3. The molecule has 66 valence electrons. The van der Waals surface area contributed by atoms with Crippen molar-refractivity contribution >= 4 is 5.91 Å². The van der Waals surface area contributed by atoms with Gasteiger partial charge in [-0.05, 0) is 31.9 Å². The van der Waals surface area contributed by atoms with Crippen LogP contribution in [-0.2, 0) is 4.79 Å². The summed E-state index contributed by atoms with van der Waals surface area (Å²) < 4.78 is 0. The molecular weight excluding hydrogens is 152 g/mol. The second-order valence-corrected chi connectivity index (χ2v) is 3.00. The summed E-state index contributed by atoms with van der Waals surface area (Å²) in [7, 11) is 0. The fourth-order valence-electron chi connectivity index (χ4n) is 1.36. The first-order valence-corrected chi connectivity index (χ1v) is 4.30. The number of carbonyl (C=O) groups excluding carboxylic acids is 1. The van der Waals surface area contributed by atoms with Gasteiger partial charge in [0, 0.05) is 0 Å². The molecule has 0 aromatic rings. The quantitative estimate of drug-likeness (QED) is 0.556. The highest BCUT2D eigenvalue weighted by Gasteiger charge is 2.07. The molecule has 1 amide bonds. The van der Waals surface area contributed by atoms with Crippen LogP contribution in [0, 0.1) is 11.8 Å². The molecule has 0 aromatic carbocycles. The average Bonchev–Trinajstić information content (AvgIpc) is 2.05. The third-order valence-corrected chi connectivity index (χ3v) is 1.96. The molecule has 0 atom stereocenters. The van der Waals surface area contributed by atoms with E-state index in [9.17, 15) is 4.79 Å². The molecule has 1 fully saturated rings. The number of amides is 1. The van der Waals surface area contributed by atoms with Crippen molar-refractivity contribution in [3.63, 3.8) is 0 Å². The van der Waals surface area contributed by atoms with Crippen LogP contribution in [0.3, 0.4) is 0 Å². The van der Waals surface area contributed by atoms with Gasteiger partial charge >= 0.3 is 0 Å². The summed E-state index contributed by atoms with van der Waals surface area (Å²) in [6.45, 7) is 2.89. The summed E-state index contributed by atoms with van der Waals surface area (Å²) in [5.41, 5.74) is 4.88. The van der Waals surface area contributed by atoms with Crippen LogP contribution in [0.5, 0.6) is 0 Å². The largest absolute Gasteiger partial charge is 0.359 e. The highest BCUT2D eigenvalue weighted by molar-refractivity contribution is 5.91. The van der Waals surface area contributed by atoms with Crippen molar-refractivity contribution in [3.8, 4) is 11.8 Å². The molecule has 12 heavy (non-hydrogen) atoms. The van der Waals surface area contributed by atoms with Gasteiger partial charge in [-0.3, -0.25) is 9.69 Å². The van der Waals surface area contributed by atoms with Crippen LogP contribution in [0.25, 0.3) is 0 Å². The number of hydrogen-bond donors (Lipinski definition) is 1. The maximum atomic E-state index is 10.3. The predicted molar refractivity (Wildman–Crippen MR) is 47.3 cm³/mol. The Kier molecular flexibility index (Phi) is 3.62. The van der Waals surface area contributed by atoms with Gasteiger partial charge in [-0.25, -0.2) is 0 Å². The summed E-state index contributed by atoms with van der Waals surface area (Å²) in [5, 5.41) is 0. The number of likely N-dealkylation sites (tertiary alicyclic amines) is 1.